The number of carbonyl (C=O) groups excluding carboxylic acids is 1. The molecule has 0 bridgehead atoms. The van der Waals surface area contributed by atoms with Crippen LogP contribution < -0.4 is 10.2 Å². The van der Waals surface area contributed by atoms with Crippen LogP contribution in [-0.2, 0) is 11.7 Å². The van der Waals surface area contributed by atoms with Crippen LogP contribution in [-0.4, -0.2) is 46.6 Å². The van der Waals surface area contributed by atoms with Gasteiger partial charge in [-0.1, -0.05) is 30.3 Å². The van der Waals surface area contributed by atoms with Crippen molar-refractivity contribution in [1.82, 2.24) is 20.2 Å². The first-order valence-electron chi connectivity index (χ1n) is 11.5. The van der Waals surface area contributed by atoms with Gasteiger partial charge < -0.3 is 5.32 Å². The van der Waals surface area contributed by atoms with E-state index in [0.29, 0.717) is 6.54 Å². The summed E-state index contributed by atoms with van der Waals surface area (Å²) in [6.45, 7) is 1.47. The van der Waals surface area contributed by atoms with Crippen molar-refractivity contribution < 1.29 is 18.0 Å². The molecule has 2 saturated carbocycles. The minimum absolute atomic E-state index is 0.0787. The second kappa shape index (κ2) is 7.97. The molecule has 3 aliphatic rings. The van der Waals surface area contributed by atoms with Crippen molar-refractivity contribution in [3.63, 3.8) is 0 Å². The summed E-state index contributed by atoms with van der Waals surface area (Å²) in [6, 6.07) is 10.3. The molecule has 1 aromatic heterocycles. The molecule has 0 radical (unpaired) electrons. The zero-order valence-corrected chi connectivity index (χ0v) is 18.6. The van der Waals surface area contributed by atoms with Gasteiger partial charge in [0.1, 0.15) is 0 Å². The van der Waals surface area contributed by atoms with Crippen molar-refractivity contribution in [3.05, 3.63) is 54.1 Å². The summed E-state index contributed by atoms with van der Waals surface area (Å²) >= 11 is 0. The molecule has 3 fully saturated rings. The van der Waals surface area contributed by atoms with Crippen LogP contribution in [0.5, 0.6) is 0 Å². The third-order valence-electron chi connectivity index (χ3n) is 7.59. The molecule has 6 nitrogen and oxygen atoms in total. The third-order valence-corrected chi connectivity index (χ3v) is 7.59. The monoisotopic (exact) mass is 459 g/mol. The fraction of sp³-hybridized carbons (Fsp3) is 0.542. The number of alkyl halides is 3. The molecule has 1 spiro atoms. The van der Waals surface area contributed by atoms with Gasteiger partial charge in [0, 0.05) is 12.1 Å². The molecule has 9 heteroatoms. The van der Waals surface area contributed by atoms with Crippen LogP contribution >= 0.6 is 0 Å². The Balaban J connectivity index is 1.34. The molecule has 176 valence electrons. The lowest BCUT2D eigenvalue weighted by Crippen LogP contribution is -2.55. The third kappa shape index (κ3) is 4.18. The largest absolute Gasteiger partial charge is 0.451 e. The molecule has 0 unspecified atom stereocenters. The van der Waals surface area contributed by atoms with Crippen molar-refractivity contribution in [2.24, 2.45) is 5.92 Å². The maximum atomic E-state index is 12.8. The minimum atomic E-state index is -4.61. The molecule has 2 aromatic rings. The van der Waals surface area contributed by atoms with Gasteiger partial charge in [0.2, 0.25) is 5.82 Å². The molecule has 0 atom stereocenters. The van der Waals surface area contributed by atoms with Gasteiger partial charge in [0.15, 0.2) is 0 Å². The number of benzene rings is 1. The van der Waals surface area contributed by atoms with E-state index in [1.54, 1.807) is 0 Å². The fourth-order valence-corrected chi connectivity index (χ4v) is 5.45. The summed E-state index contributed by atoms with van der Waals surface area (Å²) in [6.07, 6.45) is 3.52. The topological polar surface area (TPSA) is 61.4 Å². The van der Waals surface area contributed by atoms with E-state index in [4.69, 9.17) is 0 Å². The molecule has 1 N–H and O–H groups in total. The highest BCUT2D eigenvalue weighted by Crippen LogP contribution is 2.48. The lowest BCUT2D eigenvalue weighted by atomic mass is 9.68. The summed E-state index contributed by atoms with van der Waals surface area (Å²) in [7, 11) is 2.21. The average molecular weight is 460 g/mol. The maximum absolute atomic E-state index is 12.8. The zero-order valence-electron chi connectivity index (χ0n) is 18.6. The number of aromatic nitrogens is 2. The van der Waals surface area contributed by atoms with Crippen LogP contribution in [0.4, 0.5) is 23.7 Å². The predicted molar refractivity (Wildman–Crippen MR) is 118 cm³/mol. The SMILES string of the molecule is CN(CC1CC1)[C@]1(c2ccccc2)CC[C@]2(CC1)CN(c1cnc(C(F)(F)F)nc1)C(=O)N2. The molecule has 2 amide bonds. The van der Waals surface area contributed by atoms with Gasteiger partial charge in [-0.3, -0.25) is 9.80 Å². The van der Waals surface area contributed by atoms with Crippen molar-refractivity contribution in [2.45, 2.75) is 55.8 Å². The normalized spacial score (nSPS) is 27.9. The Kier molecular flexibility index (Phi) is 5.34. The van der Waals surface area contributed by atoms with Crippen molar-refractivity contribution in [1.29, 1.82) is 0 Å². The first-order valence-corrected chi connectivity index (χ1v) is 11.5. The molecule has 2 aliphatic carbocycles. The number of halogens is 3. The van der Waals surface area contributed by atoms with Crippen LogP contribution in [0, 0.1) is 5.92 Å². The lowest BCUT2D eigenvalue weighted by molar-refractivity contribution is -0.144. The van der Waals surface area contributed by atoms with Gasteiger partial charge in [-0.2, -0.15) is 13.2 Å². The Hall–Kier alpha value is -2.68. The zero-order chi connectivity index (χ0) is 23.3. The quantitative estimate of drug-likeness (QED) is 0.711. The summed E-state index contributed by atoms with van der Waals surface area (Å²) in [5.41, 5.74) is 1.10. The Bertz CT molecular complexity index is 999. The van der Waals surface area contributed by atoms with Crippen molar-refractivity contribution in [3.8, 4) is 0 Å². The summed E-state index contributed by atoms with van der Waals surface area (Å²) in [5.74, 6) is -0.433. The number of amides is 2. The molecule has 2 heterocycles. The van der Waals surface area contributed by atoms with Crippen LogP contribution in [0.1, 0.15) is 49.9 Å². The average Bonchev–Trinajstić information content (AvgIpc) is 3.56. The molecule has 1 aliphatic heterocycles. The first kappa shape index (κ1) is 22.1. The fourth-order valence-electron chi connectivity index (χ4n) is 5.45. The molecule has 33 heavy (non-hydrogen) atoms. The number of carbonyl (C=O) groups is 1. The summed E-state index contributed by atoms with van der Waals surface area (Å²) in [5, 5.41) is 3.13. The number of hydrogen-bond donors (Lipinski definition) is 1. The van der Waals surface area contributed by atoms with E-state index < -0.39 is 17.5 Å². The molecular formula is C24H28F3N5O. The lowest BCUT2D eigenvalue weighted by Gasteiger charge is -2.50. The van der Waals surface area contributed by atoms with E-state index in [0.717, 1.165) is 50.5 Å². The Labute approximate surface area is 191 Å². The van der Waals surface area contributed by atoms with Gasteiger partial charge in [0.05, 0.1) is 30.2 Å². The Morgan fingerprint density at radius 2 is 1.73 bits per heavy atom. The van der Waals surface area contributed by atoms with Gasteiger partial charge in [-0.05, 0) is 57.1 Å². The second-order valence-electron chi connectivity index (χ2n) is 9.78. The number of hydrogen-bond acceptors (Lipinski definition) is 4. The predicted octanol–water partition coefficient (Wildman–Crippen LogP) is 4.58. The number of anilines is 1. The van der Waals surface area contributed by atoms with E-state index >= 15 is 0 Å². The van der Waals surface area contributed by atoms with Crippen LogP contribution in [0.25, 0.3) is 0 Å². The van der Waals surface area contributed by atoms with Crippen LogP contribution in [0.15, 0.2) is 42.7 Å². The maximum Gasteiger partial charge on any atom is 0.451 e. The minimum Gasteiger partial charge on any atom is -0.330 e. The van der Waals surface area contributed by atoms with Gasteiger partial charge in [0.25, 0.3) is 0 Å². The van der Waals surface area contributed by atoms with Gasteiger partial charge >= 0.3 is 12.2 Å². The second-order valence-corrected chi connectivity index (χ2v) is 9.78. The number of urea groups is 1. The van der Waals surface area contributed by atoms with Crippen molar-refractivity contribution >= 4 is 11.7 Å². The van der Waals surface area contributed by atoms with Crippen LogP contribution in [0.3, 0.4) is 0 Å². The Morgan fingerprint density at radius 3 is 2.30 bits per heavy atom. The molecular weight excluding hydrogens is 431 g/mol. The number of rotatable bonds is 5. The highest BCUT2D eigenvalue weighted by molar-refractivity contribution is 5.95. The highest BCUT2D eigenvalue weighted by Gasteiger charge is 2.51. The number of nitrogens with zero attached hydrogens (tertiary/aromatic N) is 4. The standard InChI is InChI=1S/C24H28F3N5O/c1-31(15-17-7-8-17)23(18-5-3-2-4-6-18)11-9-22(10-12-23)16-32(21(33)30-22)19-13-28-20(29-14-19)24(25,26)27/h2-6,13-14,17H,7-12,15-16H2,1H3,(H,30,33)/t22-,23+. The smallest absolute Gasteiger partial charge is 0.330 e. The van der Waals surface area contributed by atoms with E-state index in [1.807, 2.05) is 6.07 Å². The van der Waals surface area contributed by atoms with E-state index in [2.05, 4.69) is 51.5 Å². The highest BCUT2D eigenvalue weighted by atomic mass is 19.4. The summed E-state index contributed by atoms with van der Waals surface area (Å²) in [4.78, 5) is 23.6. The molecule has 1 saturated heterocycles. The van der Waals surface area contributed by atoms with Crippen LogP contribution in [0.2, 0.25) is 0 Å². The van der Waals surface area contributed by atoms with E-state index in [9.17, 15) is 18.0 Å². The Morgan fingerprint density at radius 1 is 1.09 bits per heavy atom. The van der Waals surface area contributed by atoms with Gasteiger partial charge in [-0.15, -0.1) is 0 Å². The number of nitrogens with one attached hydrogen (secondary N) is 1. The van der Waals surface area contributed by atoms with Gasteiger partial charge in [-0.25, -0.2) is 14.8 Å². The molecule has 5 rings (SSSR count). The van der Waals surface area contributed by atoms with E-state index in [1.165, 1.54) is 23.3 Å². The van der Waals surface area contributed by atoms with Crippen molar-refractivity contribution in [2.75, 3.05) is 25.0 Å². The van der Waals surface area contributed by atoms with E-state index in [-0.39, 0.29) is 17.3 Å². The first-order chi connectivity index (χ1) is 15.7. The molecule has 1 aromatic carbocycles. The summed E-state index contributed by atoms with van der Waals surface area (Å²) < 4.78 is 38.4.